The maximum absolute atomic E-state index is 5.25. The van der Waals surface area contributed by atoms with Gasteiger partial charge in [-0.2, -0.15) is 0 Å². The lowest BCUT2D eigenvalue weighted by Gasteiger charge is -2.12. The molecule has 1 atom stereocenters. The lowest BCUT2D eigenvalue weighted by molar-refractivity contribution is 0.477. The van der Waals surface area contributed by atoms with E-state index < -0.39 is 0 Å². The highest BCUT2D eigenvalue weighted by Gasteiger charge is 1.99. The van der Waals surface area contributed by atoms with Crippen LogP contribution >= 0.6 is 0 Å². The number of hydrogen-bond donors (Lipinski definition) is 2. The molecule has 0 radical (unpaired) electrons. The summed E-state index contributed by atoms with van der Waals surface area (Å²) in [5, 5.41) is 6.58. The van der Waals surface area contributed by atoms with Gasteiger partial charge in [-0.1, -0.05) is 0 Å². The molecule has 0 aliphatic heterocycles. The van der Waals surface area contributed by atoms with Gasteiger partial charge in [0.05, 0.1) is 6.26 Å². The molecule has 1 rings (SSSR count). The molecule has 0 amide bonds. The Hall–Kier alpha value is -0.800. The Bertz CT molecular complexity index is 221. The SMILES string of the molecule is CNCC(C)NCCCc1ccco1. The highest BCUT2D eigenvalue weighted by atomic mass is 16.3. The van der Waals surface area contributed by atoms with Crippen molar-refractivity contribution < 1.29 is 4.42 Å². The molecule has 0 saturated carbocycles. The highest BCUT2D eigenvalue weighted by molar-refractivity contribution is 4.97. The molecule has 0 aliphatic rings. The van der Waals surface area contributed by atoms with Gasteiger partial charge in [-0.25, -0.2) is 0 Å². The molecule has 1 unspecified atom stereocenters. The van der Waals surface area contributed by atoms with Crippen molar-refractivity contribution in [3.05, 3.63) is 24.2 Å². The largest absolute Gasteiger partial charge is 0.469 e. The zero-order valence-corrected chi connectivity index (χ0v) is 9.05. The van der Waals surface area contributed by atoms with Gasteiger partial charge in [0.2, 0.25) is 0 Å². The van der Waals surface area contributed by atoms with Crippen LogP contribution in [-0.4, -0.2) is 26.2 Å². The van der Waals surface area contributed by atoms with Crippen LogP contribution in [0.5, 0.6) is 0 Å². The first-order valence-corrected chi connectivity index (χ1v) is 5.23. The minimum absolute atomic E-state index is 0.539. The van der Waals surface area contributed by atoms with E-state index in [2.05, 4.69) is 17.6 Å². The van der Waals surface area contributed by atoms with E-state index in [-0.39, 0.29) is 0 Å². The van der Waals surface area contributed by atoms with Crippen molar-refractivity contribution in [3.8, 4) is 0 Å². The first-order chi connectivity index (χ1) is 6.83. The van der Waals surface area contributed by atoms with Gasteiger partial charge in [-0.15, -0.1) is 0 Å². The quantitative estimate of drug-likeness (QED) is 0.647. The monoisotopic (exact) mass is 196 g/mol. The van der Waals surface area contributed by atoms with Crippen molar-refractivity contribution in [2.45, 2.75) is 25.8 Å². The Balaban J connectivity index is 1.99. The predicted octanol–water partition coefficient (Wildman–Crippen LogP) is 1.41. The minimum atomic E-state index is 0.539. The maximum atomic E-state index is 5.25. The van der Waals surface area contributed by atoms with Crippen LogP contribution in [0.2, 0.25) is 0 Å². The first-order valence-electron chi connectivity index (χ1n) is 5.23. The third-order valence-electron chi connectivity index (χ3n) is 2.18. The van der Waals surface area contributed by atoms with E-state index in [1.165, 1.54) is 0 Å². The number of aryl methyl sites for hydroxylation is 1. The van der Waals surface area contributed by atoms with Crippen LogP contribution in [-0.2, 0) is 6.42 Å². The van der Waals surface area contributed by atoms with E-state index in [0.717, 1.165) is 31.7 Å². The molecule has 0 fully saturated rings. The van der Waals surface area contributed by atoms with Gasteiger partial charge in [0.25, 0.3) is 0 Å². The van der Waals surface area contributed by atoms with Gasteiger partial charge < -0.3 is 15.1 Å². The van der Waals surface area contributed by atoms with E-state index in [9.17, 15) is 0 Å². The molecule has 0 aromatic carbocycles. The molecule has 2 N–H and O–H groups in total. The normalized spacial score (nSPS) is 13.0. The number of hydrogen-bond acceptors (Lipinski definition) is 3. The van der Waals surface area contributed by atoms with Crippen LogP contribution in [0.4, 0.5) is 0 Å². The standard InChI is InChI=1S/C11H20N2O/c1-10(9-12-2)13-7-3-5-11-6-4-8-14-11/h4,6,8,10,12-13H,3,5,7,9H2,1-2H3. The molecule has 1 aromatic heterocycles. The maximum Gasteiger partial charge on any atom is 0.103 e. The zero-order valence-electron chi connectivity index (χ0n) is 9.05. The fraction of sp³-hybridized carbons (Fsp3) is 0.636. The predicted molar refractivity (Wildman–Crippen MR) is 58.4 cm³/mol. The van der Waals surface area contributed by atoms with Gasteiger partial charge in [0.1, 0.15) is 5.76 Å². The minimum Gasteiger partial charge on any atom is -0.469 e. The topological polar surface area (TPSA) is 37.2 Å². The molecule has 0 aliphatic carbocycles. The van der Waals surface area contributed by atoms with Crippen molar-refractivity contribution in [1.29, 1.82) is 0 Å². The van der Waals surface area contributed by atoms with Crippen LogP contribution in [0.3, 0.4) is 0 Å². The van der Waals surface area contributed by atoms with Crippen LogP contribution < -0.4 is 10.6 Å². The van der Waals surface area contributed by atoms with Crippen molar-refractivity contribution in [2.24, 2.45) is 0 Å². The van der Waals surface area contributed by atoms with E-state index in [1.54, 1.807) is 6.26 Å². The molecule has 0 bridgehead atoms. The van der Waals surface area contributed by atoms with Gasteiger partial charge in [0, 0.05) is 19.0 Å². The van der Waals surface area contributed by atoms with E-state index in [0.29, 0.717) is 6.04 Å². The van der Waals surface area contributed by atoms with Gasteiger partial charge in [0.15, 0.2) is 0 Å². The van der Waals surface area contributed by atoms with Gasteiger partial charge >= 0.3 is 0 Å². The van der Waals surface area contributed by atoms with Crippen molar-refractivity contribution in [2.75, 3.05) is 20.1 Å². The summed E-state index contributed by atoms with van der Waals surface area (Å²) in [7, 11) is 1.97. The lowest BCUT2D eigenvalue weighted by atomic mass is 10.2. The summed E-state index contributed by atoms with van der Waals surface area (Å²) in [6, 6.07) is 4.50. The Labute approximate surface area is 85.9 Å². The molecule has 0 spiro atoms. The Morgan fingerprint density at radius 1 is 1.50 bits per heavy atom. The Morgan fingerprint density at radius 2 is 2.36 bits per heavy atom. The summed E-state index contributed by atoms with van der Waals surface area (Å²) in [5.74, 6) is 1.08. The number of nitrogens with one attached hydrogen (secondary N) is 2. The van der Waals surface area contributed by atoms with Crippen molar-refractivity contribution >= 4 is 0 Å². The summed E-state index contributed by atoms with van der Waals surface area (Å²) < 4.78 is 5.25. The molecule has 3 nitrogen and oxygen atoms in total. The van der Waals surface area contributed by atoms with E-state index in [4.69, 9.17) is 4.42 Å². The molecular weight excluding hydrogens is 176 g/mol. The zero-order chi connectivity index (χ0) is 10.2. The van der Waals surface area contributed by atoms with E-state index in [1.807, 2.05) is 19.2 Å². The highest BCUT2D eigenvalue weighted by Crippen LogP contribution is 2.02. The molecule has 3 heteroatoms. The Morgan fingerprint density at radius 3 is 3.00 bits per heavy atom. The average Bonchev–Trinajstić information content (AvgIpc) is 2.65. The second-order valence-electron chi connectivity index (χ2n) is 3.60. The number of furan rings is 1. The lowest BCUT2D eigenvalue weighted by Crippen LogP contribution is -2.35. The van der Waals surface area contributed by atoms with Crippen LogP contribution in [0.1, 0.15) is 19.1 Å². The first kappa shape index (κ1) is 11.3. The van der Waals surface area contributed by atoms with Crippen LogP contribution in [0, 0.1) is 0 Å². The number of likely N-dealkylation sites (N-methyl/N-ethyl adjacent to an activating group) is 1. The fourth-order valence-corrected chi connectivity index (χ4v) is 1.44. The van der Waals surface area contributed by atoms with Gasteiger partial charge in [-0.05, 0) is 39.1 Å². The fourth-order valence-electron chi connectivity index (χ4n) is 1.44. The summed E-state index contributed by atoms with van der Waals surface area (Å²) in [5.41, 5.74) is 0. The third-order valence-corrected chi connectivity index (χ3v) is 2.18. The van der Waals surface area contributed by atoms with Crippen LogP contribution in [0.25, 0.3) is 0 Å². The second kappa shape index (κ2) is 6.62. The number of rotatable bonds is 7. The molecule has 80 valence electrons. The molecular formula is C11H20N2O. The smallest absolute Gasteiger partial charge is 0.103 e. The molecule has 1 heterocycles. The molecule has 1 aromatic rings. The second-order valence-corrected chi connectivity index (χ2v) is 3.60. The van der Waals surface area contributed by atoms with Crippen LogP contribution in [0.15, 0.2) is 22.8 Å². The average molecular weight is 196 g/mol. The summed E-state index contributed by atoms with van der Waals surface area (Å²) >= 11 is 0. The summed E-state index contributed by atoms with van der Waals surface area (Å²) in [6.45, 7) is 4.24. The molecule has 14 heavy (non-hydrogen) atoms. The Kier molecular flexibility index (Phi) is 5.33. The van der Waals surface area contributed by atoms with Gasteiger partial charge in [-0.3, -0.25) is 0 Å². The van der Waals surface area contributed by atoms with E-state index >= 15 is 0 Å². The molecule has 0 saturated heterocycles. The van der Waals surface area contributed by atoms with Crippen molar-refractivity contribution in [3.63, 3.8) is 0 Å². The summed E-state index contributed by atoms with van der Waals surface area (Å²) in [6.07, 6.45) is 3.88. The summed E-state index contributed by atoms with van der Waals surface area (Å²) in [4.78, 5) is 0. The third kappa shape index (κ3) is 4.44. The van der Waals surface area contributed by atoms with Crippen molar-refractivity contribution in [1.82, 2.24) is 10.6 Å².